The molecule has 2 aliphatic heterocycles. The summed E-state index contributed by atoms with van der Waals surface area (Å²) < 4.78 is 0. The minimum absolute atomic E-state index is 0. The van der Waals surface area contributed by atoms with Crippen LogP contribution in [0.25, 0.3) is 0 Å². The van der Waals surface area contributed by atoms with E-state index in [1.807, 2.05) is 11.8 Å². The van der Waals surface area contributed by atoms with Gasteiger partial charge in [-0.25, -0.2) is 0 Å². The lowest BCUT2D eigenvalue weighted by molar-refractivity contribution is -0.121. The molecule has 4 nitrogen and oxygen atoms in total. The Morgan fingerprint density at radius 1 is 1.11 bits per heavy atom. The van der Waals surface area contributed by atoms with Gasteiger partial charge in [0.1, 0.15) is 0 Å². The van der Waals surface area contributed by atoms with Crippen molar-refractivity contribution in [3.8, 4) is 0 Å². The summed E-state index contributed by atoms with van der Waals surface area (Å²) in [6.07, 6.45) is 5.93. The molecule has 1 atom stereocenters. The fraction of sp³-hybridized carbons (Fsp3) is 0.650. The van der Waals surface area contributed by atoms with Crippen molar-refractivity contribution in [3.63, 3.8) is 0 Å². The summed E-state index contributed by atoms with van der Waals surface area (Å²) in [5.41, 5.74) is 2.61. The van der Waals surface area contributed by atoms with Crippen LogP contribution in [0.3, 0.4) is 0 Å². The Morgan fingerprint density at radius 2 is 1.81 bits per heavy atom. The largest absolute Gasteiger partial charge is 0.352 e. The zero-order chi connectivity index (χ0) is 17.3. The molecule has 154 valence electrons. The van der Waals surface area contributed by atoms with Crippen LogP contribution >= 0.6 is 36.6 Å². The van der Waals surface area contributed by atoms with Gasteiger partial charge in [0.05, 0.1) is 0 Å². The van der Waals surface area contributed by atoms with E-state index in [2.05, 4.69) is 39.8 Å². The normalized spacial score (nSPS) is 20.7. The van der Waals surface area contributed by atoms with E-state index in [0.29, 0.717) is 19.0 Å². The number of thioether (sulfide) groups is 1. The third-order valence-electron chi connectivity index (χ3n) is 5.12. The number of amides is 1. The van der Waals surface area contributed by atoms with Gasteiger partial charge in [0, 0.05) is 43.6 Å². The summed E-state index contributed by atoms with van der Waals surface area (Å²) in [4.78, 5) is 14.8. The Bertz CT molecular complexity index is 548. The highest BCUT2D eigenvalue weighted by molar-refractivity contribution is 7.99. The van der Waals surface area contributed by atoms with Gasteiger partial charge in [-0.3, -0.25) is 9.69 Å². The zero-order valence-electron chi connectivity index (χ0n) is 16.0. The fourth-order valence-corrected chi connectivity index (χ4v) is 4.61. The monoisotopic (exact) mass is 433 g/mol. The number of benzene rings is 1. The first-order valence-electron chi connectivity index (χ1n) is 9.68. The molecule has 1 amide bonds. The third-order valence-corrected chi connectivity index (χ3v) is 6.25. The Kier molecular flexibility index (Phi) is 12.4. The molecule has 1 aromatic carbocycles. The molecule has 3 rings (SSSR count). The lowest BCUT2D eigenvalue weighted by Gasteiger charge is -2.23. The molecule has 0 bridgehead atoms. The van der Waals surface area contributed by atoms with Crippen molar-refractivity contribution < 1.29 is 4.79 Å². The van der Waals surface area contributed by atoms with E-state index < -0.39 is 0 Å². The highest BCUT2D eigenvalue weighted by Gasteiger charge is 2.17. The number of halogens is 2. The van der Waals surface area contributed by atoms with Gasteiger partial charge in [0.25, 0.3) is 0 Å². The summed E-state index contributed by atoms with van der Waals surface area (Å²) in [7, 11) is 0. The summed E-state index contributed by atoms with van der Waals surface area (Å²) >= 11 is 1.94. The van der Waals surface area contributed by atoms with Crippen LogP contribution in [0.15, 0.2) is 24.3 Å². The summed E-state index contributed by atoms with van der Waals surface area (Å²) in [5.74, 6) is 2.35. The molecule has 7 heteroatoms. The van der Waals surface area contributed by atoms with Crippen LogP contribution in [0, 0.1) is 0 Å². The first kappa shape index (κ1) is 24.6. The van der Waals surface area contributed by atoms with E-state index in [1.165, 1.54) is 49.9 Å². The first-order valence-corrected chi connectivity index (χ1v) is 10.8. The van der Waals surface area contributed by atoms with Crippen LogP contribution in [0.4, 0.5) is 0 Å². The number of rotatable bonds is 6. The second-order valence-electron chi connectivity index (χ2n) is 7.17. The number of hydrogen-bond donors (Lipinski definition) is 2. The minimum Gasteiger partial charge on any atom is -0.352 e. The first-order chi connectivity index (χ1) is 12.3. The Hall–Kier alpha value is -0.460. The average Bonchev–Trinajstić information content (AvgIpc) is 2.90. The molecular formula is C20H33Cl2N3OS. The molecule has 2 aliphatic rings. The lowest BCUT2D eigenvalue weighted by atomic mass is 10.1. The molecule has 0 aromatic heterocycles. The molecule has 0 saturated carbocycles. The molecule has 0 radical (unpaired) electrons. The highest BCUT2D eigenvalue weighted by atomic mass is 35.5. The van der Waals surface area contributed by atoms with Gasteiger partial charge < -0.3 is 10.6 Å². The van der Waals surface area contributed by atoms with Crippen molar-refractivity contribution in [2.24, 2.45) is 0 Å². The molecule has 1 unspecified atom stereocenters. The second-order valence-corrected chi connectivity index (χ2v) is 8.32. The summed E-state index contributed by atoms with van der Waals surface area (Å²) in [6.45, 7) is 5.06. The maximum atomic E-state index is 12.3. The van der Waals surface area contributed by atoms with Gasteiger partial charge in [-0.05, 0) is 37.1 Å². The van der Waals surface area contributed by atoms with Crippen molar-refractivity contribution in [3.05, 3.63) is 35.4 Å². The Balaban J connectivity index is 0.00000182. The third kappa shape index (κ3) is 8.61. The van der Waals surface area contributed by atoms with Gasteiger partial charge in [-0.1, -0.05) is 37.1 Å². The maximum Gasteiger partial charge on any atom is 0.221 e. The van der Waals surface area contributed by atoms with Crippen LogP contribution in [0.2, 0.25) is 0 Å². The van der Waals surface area contributed by atoms with E-state index in [-0.39, 0.29) is 30.7 Å². The smallest absolute Gasteiger partial charge is 0.221 e. The SMILES string of the molecule is Cl.Cl.O=C(CC1CSCCN1)NCc1ccccc1CN1CCCCCC1. The molecule has 2 heterocycles. The predicted molar refractivity (Wildman–Crippen MR) is 120 cm³/mol. The minimum atomic E-state index is 0. The predicted octanol–water partition coefficient (Wildman–Crippen LogP) is 3.62. The number of carbonyl (C=O) groups is 1. The average molecular weight is 434 g/mol. The number of hydrogen-bond acceptors (Lipinski definition) is 4. The Morgan fingerprint density at radius 3 is 2.48 bits per heavy atom. The van der Waals surface area contributed by atoms with Crippen molar-refractivity contribution in [2.45, 2.75) is 51.2 Å². The highest BCUT2D eigenvalue weighted by Crippen LogP contribution is 2.16. The molecule has 1 aromatic rings. The topological polar surface area (TPSA) is 44.4 Å². The van der Waals surface area contributed by atoms with E-state index in [1.54, 1.807) is 0 Å². The van der Waals surface area contributed by atoms with Gasteiger partial charge >= 0.3 is 0 Å². The van der Waals surface area contributed by atoms with E-state index in [4.69, 9.17) is 0 Å². The van der Waals surface area contributed by atoms with Gasteiger partial charge in [-0.2, -0.15) is 11.8 Å². The molecule has 27 heavy (non-hydrogen) atoms. The van der Waals surface area contributed by atoms with E-state index >= 15 is 0 Å². The van der Waals surface area contributed by atoms with Crippen LogP contribution in [0.1, 0.15) is 43.2 Å². The van der Waals surface area contributed by atoms with Gasteiger partial charge in [0.2, 0.25) is 5.91 Å². The standard InChI is InChI=1S/C20H31N3OS.2ClH/c24-20(13-19-16-25-12-9-21-19)22-14-17-7-3-4-8-18(17)15-23-10-5-1-2-6-11-23;;/h3-4,7-8,19,21H,1-2,5-6,9-16H2,(H,22,24);2*1H. The number of nitrogens with one attached hydrogen (secondary N) is 2. The molecule has 2 N–H and O–H groups in total. The van der Waals surface area contributed by atoms with Crippen molar-refractivity contribution in [2.75, 3.05) is 31.1 Å². The van der Waals surface area contributed by atoms with E-state index in [9.17, 15) is 4.79 Å². The quantitative estimate of drug-likeness (QED) is 0.718. The van der Waals surface area contributed by atoms with Crippen molar-refractivity contribution in [1.82, 2.24) is 15.5 Å². The number of likely N-dealkylation sites (tertiary alicyclic amines) is 1. The molecule has 0 aliphatic carbocycles. The lowest BCUT2D eigenvalue weighted by Crippen LogP contribution is -2.41. The zero-order valence-corrected chi connectivity index (χ0v) is 18.4. The van der Waals surface area contributed by atoms with E-state index in [0.717, 1.165) is 24.6 Å². The molecular weight excluding hydrogens is 401 g/mol. The summed E-state index contributed by atoms with van der Waals surface area (Å²) in [6, 6.07) is 8.88. The van der Waals surface area contributed by atoms with Crippen LogP contribution < -0.4 is 10.6 Å². The summed E-state index contributed by atoms with van der Waals surface area (Å²) in [5, 5.41) is 6.56. The maximum absolute atomic E-state index is 12.3. The van der Waals surface area contributed by atoms with Crippen LogP contribution in [0.5, 0.6) is 0 Å². The molecule has 0 spiro atoms. The molecule has 2 fully saturated rings. The van der Waals surface area contributed by atoms with Crippen molar-refractivity contribution >= 4 is 42.5 Å². The second kappa shape index (κ2) is 13.7. The van der Waals surface area contributed by atoms with Crippen molar-refractivity contribution in [1.29, 1.82) is 0 Å². The molecule has 2 saturated heterocycles. The van der Waals surface area contributed by atoms with Gasteiger partial charge in [0.15, 0.2) is 0 Å². The number of carbonyl (C=O) groups excluding carboxylic acids is 1. The number of nitrogens with zero attached hydrogens (tertiary/aromatic N) is 1. The fourth-order valence-electron chi connectivity index (χ4n) is 3.66. The van der Waals surface area contributed by atoms with Gasteiger partial charge in [-0.15, -0.1) is 24.8 Å². The Labute approximate surface area is 180 Å². The van der Waals surface area contributed by atoms with Crippen LogP contribution in [-0.4, -0.2) is 48.0 Å². The van der Waals surface area contributed by atoms with Crippen LogP contribution in [-0.2, 0) is 17.9 Å².